The zero-order valence-corrected chi connectivity index (χ0v) is 11.8. The van der Waals surface area contributed by atoms with Crippen LogP contribution in [0.5, 0.6) is 0 Å². The van der Waals surface area contributed by atoms with Crippen LogP contribution >= 0.6 is 11.6 Å². The number of halogens is 1. The standard InChI is InChI=1S/C15H18ClN3/c1-2-9-19(15-7-8-18-10-14(15)16)11-12-3-5-13(17)6-4-12/h3-8,10H,2,9,11,17H2,1H3. The zero-order valence-electron chi connectivity index (χ0n) is 11.0. The Morgan fingerprint density at radius 3 is 2.58 bits per heavy atom. The van der Waals surface area contributed by atoms with Gasteiger partial charge in [0.1, 0.15) is 0 Å². The minimum atomic E-state index is 0.686. The van der Waals surface area contributed by atoms with Crippen LogP contribution in [-0.4, -0.2) is 11.5 Å². The van der Waals surface area contributed by atoms with Crippen molar-refractivity contribution in [1.29, 1.82) is 0 Å². The number of rotatable bonds is 5. The van der Waals surface area contributed by atoms with Crippen molar-refractivity contribution in [1.82, 2.24) is 4.98 Å². The summed E-state index contributed by atoms with van der Waals surface area (Å²) in [6.07, 6.45) is 4.52. The molecule has 0 amide bonds. The molecule has 2 N–H and O–H groups in total. The molecule has 100 valence electrons. The van der Waals surface area contributed by atoms with Crippen LogP contribution < -0.4 is 10.6 Å². The van der Waals surface area contributed by atoms with Crippen molar-refractivity contribution in [3.63, 3.8) is 0 Å². The summed E-state index contributed by atoms with van der Waals surface area (Å²) in [5.41, 5.74) is 8.73. The lowest BCUT2D eigenvalue weighted by Crippen LogP contribution is -2.23. The fourth-order valence-electron chi connectivity index (χ4n) is 2.02. The van der Waals surface area contributed by atoms with Crippen molar-refractivity contribution in [2.24, 2.45) is 0 Å². The highest BCUT2D eigenvalue weighted by Crippen LogP contribution is 2.26. The van der Waals surface area contributed by atoms with Crippen molar-refractivity contribution >= 4 is 23.0 Å². The Balaban J connectivity index is 2.21. The number of hydrogen-bond acceptors (Lipinski definition) is 3. The third-order valence-corrected chi connectivity index (χ3v) is 3.23. The maximum absolute atomic E-state index is 6.22. The molecular weight excluding hydrogens is 258 g/mol. The van der Waals surface area contributed by atoms with Gasteiger partial charge >= 0.3 is 0 Å². The second-order valence-corrected chi connectivity index (χ2v) is 4.90. The topological polar surface area (TPSA) is 42.1 Å². The lowest BCUT2D eigenvalue weighted by atomic mass is 10.2. The minimum absolute atomic E-state index is 0.686. The van der Waals surface area contributed by atoms with E-state index in [4.69, 9.17) is 17.3 Å². The summed E-state index contributed by atoms with van der Waals surface area (Å²) in [7, 11) is 0. The van der Waals surface area contributed by atoms with Crippen molar-refractivity contribution in [2.45, 2.75) is 19.9 Å². The first kappa shape index (κ1) is 13.7. The quantitative estimate of drug-likeness (QED) is 0.846. The molecule has 2 rings (SSSR count). The van der Waals surface area contributed by atoms with Gasteiger partial charge in [-0.25, -0.2) is 0 Å². The monoisotopic (exact) mass is 275 g/mol. The fraction of sp³-hybridized carbons (Fsp3) is 0.267. The number of aromatic nitrogens is 1. The largest absolute Gasteiger partial charge is 0.399 e. The third-order valence-electron chi connectivity index (χ3n) is 2.94. The summed E-state index contributed by atoms with van der Waals surface area (Å²) in [6, 6.07) is 9.90. The first-order chi connectivity index (χ1) is 9.20. The van der Waals surface area contributed by atoms with E-state index >= 15 is 0 Å². The highest BCUT2D eigenvalue weighted by atomic mass is 35.5. The van der Waals surface area contributed by atoms with Crippen molar-refractivity contribution in [2.75, 3.05) is 17.2 Å². The highest BCUT2D eigenvalue weighted by Gasteiger charge is 2.10. The molecule has 19 heavy (non-hydrogen) atoms. The molecule has 0 unspecified atom stereocenters. The van der Waals surface area contributed by atoms with E-state index in [9.17, 15) is 0 Å². The van der Waals surface area contributed by atoms with Gasteiger partial charge in [-0.3, -0.25) is 4.98 Å². The molecule has 0 fully saturated rings. The molecular formula is C15H18ClN3. The normalized spacial score (nSPS) is 10.4. The maximum atomic E-state index is 6.22. The molecule has 1 heterocycles. The predicted octanol–water partition coefficient (Wildman–Crippen LogP) is 3.73. The maximum Gasteiger partial charge on any atom is 0.0822 e. The van der Waals surface area contributed by atoms with E-state index < -0.39 is 0 Å². The van der Waals surface area contributed by atoms with Crippen LogP contribution in [0.25, 0.3) is 0 Å². The average molecular weight is 276 g/mol. The van der Waals surface area contributed by atoms with Crippen LogP contribution in [0.15, 0.2) is 42.7 Å². The van der Waals surface area contributed by atoms with Gasteiger partial charge in [-0.2, -0.15) is 0 Å². The molecule has 0 aliphatic heterocycles. The third kappa shape index (κ3) is 3.61. The predicted molar refractivity (Wildman–Crippen MR) is 81.4 cm³/mol. The van der Waals surface area contributed by atoms with Crippen LogP contribution in [0.3, 0.4) is 0 Å². The number of nitrogens with two attached hydrogens (primary N) is 1. The van der Waals surface area contributed by atoms with Gasteiger partial charge in [-0.05, 0) is 30.2 Å². The van der Waals surface area contributed by atoms with E-state index in [1.54, 1.807) is 12.4 Å². The number of pyridine rings is 1. The number of nitrogens with zero attached hydrogens (tertiary/aromatic N) is 2. The summed E-state index contributed by atoms with van der Waals surface area (Å²) in [4.78, 5) is 6.29. The Kier molecular flexibility index (Phi) is 4.63. The Hall–Kier alpha value is -1.74. The number of benzene rings is 1. The van der Waals surface area contributed by atoms with Gasteiger partial charge < -0.3 is 10.6 Å². The molecule has 0 radical (unpaired) electrons. The Labute approximate surface area is 119 Å². The molecule has 4 heteroatoms. The molecule has 0 saturated carbocycles. The van der Waals surface area contributed by atoms with Crippen LogP contribution in [0.4, 0.5) is 11.4 Å². The molecule has 1 aromatic carbocycles. The van der Waals surface area contributed by atoms with E-state index in [0.717, 1.165) is 30.9 Å². The van der Waals surface area contributed by atoms with Crippen molar-refractivity contribution < 1.29 is 0 Å². The van der Waals surface area contributed by atoms with E-state index in [2.05, 4.69) is 16.8 Å². The summed E-state index contributed by atoms with van der Waals surface area (Å²) in [5.74, 6) is 0. The number of anilines is 2. The summed E-state index contributed by atoms with van der Waals surface area (Å²) in [6.45, 7) is 3.93. The smallest absolute Gasteiger partial charge is 0.0822 e. The average Bonchev–Trinajstić information content (AvgIpc) is 2.41. The summed E-state index contributed by atoms with van der Waals surface area (Å²) < 4.78 is 0. The Morgan fingerprint density at radius 2 is 1.95 bits per heavy atom. The first-order valence-electron chi connectivity index (χ1n) is 6.39. The molecule has 0 atom stereocenters. The van der Waals surface area contributed by atoms with Gasteiger partial charge in [-0.1, -0.05) is 30.7 Å². The van der Waals surface area contributed by atoms with E-state index in [1.807, 2.05) is 30.3 Å². The zero-order chi connectivity index (χ0) is 13.7. The van der Waals surface area contributed by atoms with E-state index in [-0.39, 0.29) is 0 Å². The molecule has 0 aliphatic rings. The fourth-order valence-corrected chi connectivity index (χ4v) is 2.26. The van der Waals surface area contributed by atoms with Crippen LogP contribution in [-0.2, 0) is 6.54 Å². The molecule has 0 spiro atoms. The van der Waals surface area contributed by atoms with Crippen molar-refractivity contribution in [3.05, 3.63) is 53.3 Å². The molecule has 0 saturated heterocycles. The lowest BCUT2D eigenvalue weighted by Gasteiger charge is -2.25. The molecule has 1 aromatic heterocycles. The van der Waals surface area contributed by atoms with Gasteiger partial charge in [0.05, 0.1) is 10.7 Å². The lowest BCUT2D eigenvalue weighted by molar-refractivity contribution is 0.767. The van der Waals surface area contributed by atoms with Gasteiger partial charge in [-0.15, -0.1) is 0 Å². The van der Waals surface area contributed by atoms with E-state index in [0.29, 0.717) is 5.02 Å². The summed E-state index contributed by atoms with van der Waals surface area (Å²) >= 11 is 6.22. The Bertz CT molecular complexity index is 525. The van der Waals surface area contributed by atoms with Gasteiger partial charge in [0, 0.05) is 31.2 Å². The van der Waals surface area contributed by atoms with Crippen LogP contribution in [0.1, 0.15) is 18.9 Å². The molecule has 0 aliphatic carbocycles. The molecule has 2 aromatic rings. The molecule has 3 nitrogen and oxygen atoms in total. The SMILES string of the molecule is CCCN(Cc1ccc(N)cc1)c1ccncc1Cl. The van der Waals surface area contributed by atoms with Gasteiger partial charge in [0.15, 0.2) is 0 Å². The first-order valence-corrected chi connectivity index (χ1v) is 6.77. The van der Waals surface area contributed by atoms with E-state index in [1.165, 1.54) is 5.56 Å². The number of hydrogen-bond donors (Lipinski definition) is 1. The van der Waals surface area contributed by atoms with Crippen LogP contribution in [0, 0.1) is 0 Å². The van der Waals surface area contributed by atoms with Crippen LogP contribution in [0.2, 0.25) is 5.02 Å². The minimum Gasteiger partial charge on any atom is -0.399 e. The summed E-state index contributed by atoms with van der Waals surface area (Å²) in [5, 5.41) is 0.686. The van der Waals surface area contributed by atoms with Gasteiger partial charge in [0.2, 0.25) is 0 Å². The highest BCUT2D eigenvalue weighted by molar-refractivity contribution is 6.33. The molecule has 0 bridgehead atoms. The van der Waals surface area contributed by atoms with Crippen molar-refractivity contribution in [3.8, 4) is 0 Å². The Morgan fingerprint density at radius 1 is 1.21 bits per heavy atom. The second-order valence-electron chi connectivity index (χ2n) is 4.49. The van der Waals surface area contributed by atoms with Gasteiger partial charge in [0.25, 0.3) is 0 Å². The number of nitrogen functional groups attached to an aromatic ring is 1. The second kappa shape index (κ2) is 6.43.